The number of rotatable bonds is 4. The Labute approximate surface area is 114 Å². The second-order valence-electron chi connectivity index (χ2n) is 3.99. The number of aliphatic hydroxyl groups excluding tert-OH is 3. The second-order valence-corrected chi connectivity index (χ2v) is 3.99. The summed E-state index contributed by atoms with van der Waals surface area (Å²) in [5.74, 6) is 0. The summed E-state index contributed by atoms with van der Waals surface area (Å²) in [6.07, 6.45) is -2.35. The molecule has 1 fully saturated rings. The third-order valence-corrected chi connectivity index (χ3v) is 2.88. The Morgan fingerprint density at radius 3 is 2.65 bits per heavy atom. The predicted octanol–water partition coefficient (Wildman–Crippen LogP) is -2.33. The third kappa shape index (κ3) is 2.50. The molecule has 0 aromatic rings. The lowest BCUT2D eigenvalue weighted by atomic mass is 10.0. The van der Waals surface area contributed by atoms with E-state index in [-0.39, 0.29) is 0 Å². The average molecular weight is 285 g/mol. The molecule has 0 bridgehead atoms. The minimum atomic E-state index is -2.24. The quantitative estimate of drug-likeness (QED) is 0.335. The molecule has 0 saturated carbocycles. The van der Waals surface area contributed by atoms with E-state index in [9.17, 15) is 25.1 Å². The summed E-state index contributed by atoms with van der Waals surface area (Å²) in [7, 11) is 1.27. The molecule has 1 aliphatic heterocycles. The van der Waals surface area contributed by atoms with Gasteiger partial charge >= 0.3 is 6.03 Å². The zero-order chi connectivity index (χ0) is 15.3. The molecule has 0 aromatic carbocycles. The minimum absolute atomic E-state index is 0.363. The number of allylic oxidation sites excluding steroid dienone is 1. The highest BCUT2D eigenvalue weighted by molar-refractivity contribution is 5.77. The van der Waals surface area contributed by atoms with Crippen LogP contribution in [0.1, 0.15) is 0 Å². The molecule has 0 aliphatic carbocycles. The number of aliphatic hydroxyl groups is 3. The van der Waals surface area contributed by atoms with Gasteiger partial charge in [0.1, 0.15) is 30.7 Å². The van der Waals surface area contributed by atoms with E-state index in [2.05, 4.69) is 5.32 Å². The SMILES string of the molecule is CNC(=O)N(/C=C\C=O)[C@]1(C#N)O[C@H](CO)[C@@H](O)[C@H]1O. The summed E-state index contributed by atoms with van der Waals surface area (Å²) < 4.78 is 5.14. The number of aldehydes is 1. The van der Waals surface area contributed by atoms with Gasteiger partial charge in [-0.05, 0) is 6.08 Å². The molecule has 20 heavy (non-hydrogen) atoms. The van der Waals surface area contributed by atoms with E-state index in [0.29, 0.717) is 11.2 Å². The molecule has 110 valence electrons. The van der Waals surface area contributed by atoms with Crippen LogP contribution in [0.2, 0.25) is 0 Å². The van der Waals surface area contributed by atoms with Gasteiger partial charge in [-0.2, -0.15) is 5.26 Å². The predicted molar refractivity (Wildman–Crippen MR) is 63.8 cm³/mol. The molecule has 1 saturated heterocycles. The van der Waals surface area contributed by atoms with Crippen molar-refractivity contribution in [3.63, 3.8) is 0 Å². The van der Waals surface area contributed by atoms with Crippen LogP contribution in [0.4, 0.5) is 4.79 Å². The fourth-order valence-corrected chi connectivity index (χ4v) is 1.87. The van der Waals surface area contributed by atoms with Gasteiger partial charge in [-0.3, -0.25) is 9.69 Å². The topological polar surface area (TPSA) is 143 Å². The Morgan fingerprint density at radius 2 is 2.25 bits per heavy atom. The first-order chi connectivity index (χ1) is 9.48. The molecular weight excluding hydrogens is 270 g/mol. The summed E-state index contributed by atoms with van der Waals surface area (Å²) in [5.41, 5.74) is -2.24. The second kappa shape index (κ2) is 6.44. The molecule has 9 nitrogen and oxygen atoms in total. The number of amides is 2. The number of nitrogens with zero attached hydrogens (tertiary/aromatic N) is 2. The number of hydrogen-bond donors (Lipinski definition) is 4. The number of nitrogens with one attached hydrogen (secondary N) is 1. The van der Waals surface area contributed by atoms with Crippen LogP contribution in [0.15, 0.2) is 12.3 Å². The van der Waals surface area contributed by atoms with Gasteiger partial charge < -0.3 is 25.4 Å². The van der Waals surface area contributed by atoms with Gasteiger partial charge in [-0.15, -0.1) is 0 Å². The summed E-state index contributed by atoms with van der Waals surface area (Å²) in [4.78, 5) is 22.8. The van der Waals surface area contributed by atoms with Gasteiger partial charge in [0.05, 0.1) is 6.61 Å². The van der Waals surface area contributed by atoms with Gasteiger partial charge in [-0.1, -0.05) is 0 Å². The third-order valence-electron chi connectivity index (χ3n) is 2.88. The van der Waals surface area contributed by atoms with Gasteiger partial charge in [0.25, 0.3) is 5.72 Å². The Balaban J connectivity index is 3.25. The van der Waals surface area contributed by atoms with E-state index < -0.39 is 36.7 Å². The number of carbonyl (C=O) groups is 2. The Bertz CT molecular complexity index is 448. The average Bonchev–Trinajstić information content (AvgIpc) is 2.72. The monoisotopic (exact) mass is 285 g/mol. The summed E-state index contributed by atoms with van der Waals surface area (Å²) in [6, 6.07) is 0.762. The standard InChI is InChI=1S/C11H15N3O6/c1-13-10(19)14(3-2-4-15)11(6-12)9(18)8(17)7(5-16)20-11/h2-4,7-9,16-18H,5H2,1H3,(H,13,19)/b3-2-/t7-,8-,9-,11-/m1/s1. The highest BCUT2D eigenvalue weighted by Crippen LogP contribution is 2.34. The van der Waals surface area contributed by atoms with Crippen LogP contribution in [0.5, 0.6) is 0 Å². The molecule has 4 N–H and O–H groups in total. The van der Waals surface area contributed by atoms with Crippen LogP contribution in [0, 0.1) is 11.3 Å². The lowest BCUT2D eigenvalue weighted by Gasteiger charge is -2.34. The fourth-order valence-electron chi connectivity index (χ4n) is 1.87. The van der Waals surface area contributed by atoms with Gasteiger partial charge in [-0.25, -0.2) is 4.79 Å². The number of hydrogen-bond acceptors (Lipinski definition) is 7. The summed E-state index contributed by atoms with van der Waals surface area (Å²) in [6.45, 7) is -0.652. The highest BCUT2D eigenvalue weighted by Gasteiger charge is 2.59. The first-order valence-corrected chi connectivity index (χ1v) is 5.67. The largest absolute Gasteiger partial charge is 0.394 e. The lowest BCUT2D eigenvalue weighted by Crippen LogP contribution is -2.58. The van der Waals surface area contributed by atoms with Crippen molar-refractivity contribution in [1.29, 1.82) is 5.26 Å². The number of ether oxygens (including phenoxy) is 1. The molecule has 0 spiro atoms. The Morgan fingerprint density at radius 1 is 1.60 bits per heavy atom. The van der Waals surface area contributed by atoms with E-state index in [1.165, 1.54) is 7.05 Å². The van der Waals surface area contributed by atoms with Crippen molar-refractivity contribution in [2.24, 2.45) is 0 Å². The van der Waals surface area contributed by atoms with Gasteiger partial charge in [0.2, 0.25) is 0 Å². The van der Waals surface area contributed by atoms with Crippen LogP contribution in [0.3, 0.4) is 0 Å². The molecule has 0 unspecified atom stereocenters. The van der Waals surface area contributed by atoms with Crippen molar-refractivity contribution in [2.75, 3.05) is 13.7 Å². The van der Waals surface area contributed by atoms with Crippen molar-refractivity contribution in [3.8, 4) is 6.07 Å². The van der Waals surface area contributed by atoms with Crippen LogP contribution in [-0.4, -0.2) is 70.2 Å². The van der Waals surface area contributed by atoms with E-state index in [4.69, 9.17) is 9.84 Å². The van der Waals surface area contributed by atoms with E-state index >= 15 is 0 Å². The Kier molecular flexibility index (Phi) is 5.18. The van der Waals surface area contributed by atoms with Crippen molar-refractivity contribution in [2.45, 2.75) is 24.0 Å². The van der Waals surface area contributed by atoms with Crippen molar-refractivity contribution < 1.29 is 29.6 Å². The van der Waals surface area contributed by atoms with E-state index in [1.807, 2.05) is 0 Å². The first-order valence-electron chi connectivity index (χ1n) is 5.67. The van der Waals surface area contributed by atoms with E-state index in [0.717, 1.165) is 12.3 Å². The molecule has 4 atom stereocenters. The maximum Gasteiger partial charge on any atom is 0.324 e. The van der Waals surface area contributed by atoms with Crippen LogP contribution >= 0.6 is 0 Å². The zero-order valence-electron chi connectivity index (χ0n) is 10.6. The van der Waals surface area contributed by atoms with Crippen LogP contribution in [0.25, 0.3) is 0 Å². The molecular formula is C11H15N3O6. The van der Waals surface area contributed by atoms with Gasteiger partial charge in [0.15, 0.2) is 0 Å². The minimum Gasteiger partial charge on any atom is -0.394 e. The van der Waals surface area contributed by atoms with Crippen molar-refractivity contribution in [1.82, 2.24) is 10.2 Å². The first kappa shape index (κ1) is 16.1. The molecule has 2 amide bonds. The fraction of sp³-hybridized carbons (Fsp3) is 0.545. The molecule has 0 radical (unpaired) electrons. The van der Waals surface area contributed by atoms with Crippen molar-refractivity contribution >= 4 is 12.3 Å². The van der Waals surface area contributed by atoms with Gasteiger partial charge in [0, 0.05) is 13.2 Å². The molecule has 1 rings (SSSR count). The zero-order valence-corrected chi connectivity index (χ0v) is 10.6. The van der Waals surface area contributed by atoms with Crippen molar-refractivity contribution in [3.05, 3.63) is 12.3 Å². The number of urea groups is 1. The number of carbonyl (C=O) groups excluding carboxylic acids is 2. The number of nitriles is 1. The maximum absolute atomic E-state index is 11.8. The smallest absolute Gasteiger partial charge is 0.324 e. The molecule has 0 aromatic heterocycles. The molecule has 1 heterocycles. The van der Waals surface area contributed by atoms with Crippen LogP contribution in [-0.2, 0) is 9.53 Å². The lowest BCUT2D eigenvalue weighted by molar-refractivity contribution is -0.116. The van der Waals surface area contributed by atoms with E-state index in [1.54, 1.807) is 6.07 Å². The maximum atomic E-state index is 11.8. The summed E-state index contributed by atoms with van der Waals surface area (Å²) >= 11 is 0. The van der Waals surface area contributed by atoms with Crippen LogP contribution < -0.4 is 5.32 Å². The highest BCUT2D eigenvalue weighted by atomic mass is 16.6. The molecule has 9 heteroatoms. The molecule has 1 aliphatic rings. The normalized spacial score (nSPS) is 32.9. The summed E-state index contributed by atoms with van der Waals surface area (Å²) in [5, 5.41) is 40.2. The Hall–Kier alpha value is -1.99.